The lowest BCUT2D eigenvalue weighted by Crippen LogP contribution is -2.13. The number of aliphatic hydroxyl groups is 1. The van der Waals surface area contributed by atoms with E-state index in [0.29, 0.717) is 6.04 Å². The molecule has 1 atom stereocenters. The standard InChI is InChI=1S/C10H17BrN2O/c1-7(2)13-10(4-8(3)6-14)9(11)5-12-13/h5,7-8,14H,4,6H2,1-3H3. The number of hydrogen-bond donors (Lipinski definition) is 1. The summed E-state index contributed by atoms with van der Waals surface area (Å²) in [6.45, 7) is 6.46. The molecule has 0 saturated carbocycles. The maximum absolute atomic E-state index is 9.01. The van der Waals surface area contributed by atoms with Gasteiger partial charge < -0.3 is 5.11 Å². The Morgan fingerprint density at radius 2 is 2.14 bits per heavy atom. The molecule has 1 unspecified atom stereocenters. The number of halogens is 1. The molecule has 4 heteroatoms. The normalized spacial score (nSPS) is 13.6. The van der Waals surface area contributed by atoms with E-state index in [9.17, 15) is 0 Å². The molecule has 14 heavy (non-hydrogen) atoms. The van der Waals surface area contributed by atoms with Gasteiger partial charge in [-0.05, 0) is 42.1 Å². The van der Waals surface area contributed by atoms with Crippen LogP contribution in [0.15, 0.2) is 10.7 Å². The van der Waals surface area contributed by atoms with E-state index in [1.54, 1.807) is 0 Å². The SMILES string of the molecule is CC(CO)Cc1c(Br)cnn1C(C)C. The fourth-order valence-corrected chi connectivity index (χ4v) is 1.83. The summed E-state index contributed by atoms with van der Waals surface area (Å²) in [7, 11) is 0. The molecule has 1 heterocycles. The van der Waals surface area contributed by atoms with Gasteiger partial charge in [-0.2, -0.15) is 5.10 Å². The van der Waals surface area contributed by atoms with E-state index in [2.05, 4.69) is 34.9 Å². The van der Waals surface area contributed by atoms with Crippen molar-refractivity contribution in [2.45, 2.75) is 33.2 Å². The average Bonchev–Trinajstić information content (AvgIpc) is 2.48. The Morgan fingerprint density at radius 3 is 2.64 bits per heavy atom. The number of aliphatic hydroxyl groups excluding tert-OH is 1. The first-order valence-corrected chi connectivity index (χ1v) is 5.68. The molecule has 0 fully saturated rings. The molecule has 0 bridgehead atoms. The molecule has 1 aromatic heterocycles. The van der Waals surface area contributed by atoms with E-state index in [4.69, 9.17) is 5.11 Å². The van der Waals surface area contributed by atoms with Crippen molar-refractivity contribution in [2.24, 2.45) is 5.92 Å². The van der Waals surface area contributed by atoms with E-state index in [0.717, 1.165) is 10.9 Å². The number of aromatic nitrogens is 2. The lowest BCUT2D eigenvalue weighted by Gasteiger charge is -2.14. The van der Waals surface area contributed by atoms with Crippen LogP contribution in [0.5, 0.6) is 0 Å². The van der Waals surface area contributed by atoms with Crippen LogP contribution in [0.25, 0.3) is 0 Å². The predicted molar refractivity (Wildman–Crippen MR) is 60.3 cm³/mol. The molecule has 0 spiro atoms. The third kappa shape index (κ3) is 2.58. The van der Waals surface area contributed by atoms with E-state index < -0.39 is 0 Å². The van der Waals surface area contributed by atoms with Crippen LogP contribution in [0.2, 0.25) is 0 Å². The summed E-state index contributed by atoms with van der Waals surface area (Å²) in [4.78, 5) is 0. The summed E-state index contributed by atoms with van der Waals surface area (Å²) in [6, 6.07) is 0.363. The van der Waals surface area contributed by atoms with E-state index in [1.807, 2.05) is 17.8 Å². The first-order valence-electron chi connectivity index (χ1n) is 4.89. The van der Waals surface area contributed by atoms with Crippen molar-refractivity contribution in [3.05, 3.63) is 16.4 Å². The van der Waals surface area contributed by atoms with Gasteiger partial charge in [-0.15, -0.1) is 0 Å². The van der Waals surface area contributed by atoms with E-state index in [-0.39, 0.29) is 12.5 Å². The smallest absolute Gasteiger partial charge is 0.0635 e. The van der Waals surface area contributed by atoms with Gasteiger partial charge in [-0.3, -0.25) is 4.68 Å². The molecule has 0 aliphatic heterocycles. The maximum Gasteiger partial charge on any atom is 0.0635 e. The highest BCUT2D eigenvalue weighted by Crippen LogP contribution is 2.22. The van der Waals surface area contributed by atoms with Gasteiger partial charge in [0.05, 0.1) is 16.4 Å². The van der Waals surface area contributed by atoms with Gasteiger partial charge in [0.15, 0.2) is 0 Å². The van der Waals surface area contributed by atoms with Gasteiger partial charge in [-0.1, -0.05) is 6.92 Å². The van der Waals surface area contributed by atoms with Crippen molar-refractivity contribution in [3.8, 4) is 0 Å². The molecule has 1 N–H and O–H groups in total. The zero-order valence-corrected chi connectivity index (χ0v) is 10.5. The van der Waals surface area contributed by atoms with Crippen molar-refractivity contribution >= 4 is 15.9 Å². The summed E-state index contributed by atoms with van der Waals surface area (Å²) < 4.78 is 3.03. The molecule has 1 rings (SSSR count). The highest BCUT2D eigenvalue weighted by Gasteiger charge is 2.13. The Labute approximate surface area is 93.3 Å². The quantitative estimate of drug-likeness (QED) is 0.903. The van der Waals surface area contributed by atoms with E-state index >= 15 is 0 Å². The lowest BCUT2D eigenvalue weighted by molar-refractivity contribution is 0.234. The van der Waals surface area contributed by atoms with Gasteiger partial charge in [-0.25, -0.2) is 0 Å². The fraction of sp³-hybridized carbons (Fsp3) is 0.700. The molecule has 80 valence electrons. The van der Waals surface area contributed by atoms with Crippen LogP contribution in [0, 0.1) is 5.92 Å². The monoisotopic (exact) mass is 260 g/mol. The molecule has 0 saturated heterocycles. The molecule has 1 aromatic rings. The predicted octanol–water partition coefficient (Wildman–Crippen LogP) is 2.40. The Balaban J connectivity index is 2.88. The Morgan fingerprint density at radius 1 is 1.50 bits per heavy atom. The molecular weight excluding hydrogens is 244 g/mol. The molecule has 0 aromatic carbocycles. The van der Waals surface area contributed by atoms with Crippen LogP contribution in [0.1, 0.15) is 32.5 Å². The first kappa shape index (κ1) is 11.7. The number of hydrogen-bond acceptors (Lipinski definition) is 2. The number of rotatable bonds is 4. The van der Waals surface area contributed by atoms with Crippen LogP contribution in [-0.2, 0) is 6.42 Å². The Hall–Kier alpha value is -0.350. The van der Waals surface area contributed by atoms with Crippen molar-refractivity contribution in [1.82, 2.24) is 9.78 Å². The van der Waals surface area contributed by atoms with E-state index in [1.165, 1.54) is 5.69 Å². The minimum absolute atomic E-state index is 0.218. The van der Waals surface area contributed by atoms with Gasteiger partial charge in [0.25, 0.3) is 0 Å². The maximum atomic E-state index is 9.01. The van der Waals surface area contributed by atoms with Crippen molar-refractivity contribution < 1.29 is 5.11 Å². The zero-order valence-electron chi connectivity index (χ0n) is 8.87. The van der Waals surface area contributed by atoms with Crippen molar-refractivity contribution in [3.63, 3.8) is 0 Å². The molecule has 0 aliphatic rings. The molecule has 0 amide bonds. The molecule has 3 nitrogen and oxygen atoms in total. The largest absolute Gasteiger partial charge is 0.396 e. The molecule has 0 radical (unpaired) electrons. The summed E-state index contributed by atoms with van der Waals surface area (Å²) in [6.07, 6.45) is 2.68. The third-order valence-electron chi connectivity index (χ3n) is 2.19. The fourth-order valence-electron chi connectivity index (χ4n) is 1.40. The van der Waals surface area contributed by atoms with Crippen molar-refractivity contribution in [2.75, 3.05) is 6.61 Å². The second-order valence-electron chi connectivity index (χ2n) is 3.97. The Kier molecular flexibility index (Phi) is 4.13. The minimum Gasteiger partial charge on any atom is -0.396 e. The minimum atomic E-state index is 0.218. The van der Waals surface area contributed by atoms with Crippen LogP contribution in [0.3, 0.4) is 0 Å². The van der Waals surface area contributed by atoms with Gasteiger partial charge in [0.1, 0.15) is 0 Å². The average molecular weight is 261 g/mol. The lowest BCUT2D eigenvalue weighted by atomic mass is 10.1. The highest BCUT2D eigenvalue weighted by atomic mass is 79.9. The summed E-state index contributed by atoms with van der Waals surface area (Å²) in [5.41, 5.74) is 1.17. The van der Waals surface area contributed by atoms with Gasteiger partial charge >= 0.3 is 0 Å². The Bertz CT molecular complexity index is 296. The second-order valence-corrected chi connectivity index (χ2v) is 4.82. The summed E-state index contributed by atoms with van der Waals surface area (Å²) in [5, 5.41) is 13.3. The second kappa shape index (κ2) is 4.94. The number of nitrogens with zero attached hydrogens (tertiary/aromatic N) is 2. The van der Waals surface area contributed by atoms with Gasteiger partial charge in [0, 0.05) is 12.6 Å². The topological polar surface area (TPSA) is 38.1 Å². The molecular formula is C10H17BrN2O. The van der Waals surface area contributed by atoms with Crippen LogP contribution < -0.4 is 0 Å². The summed E-state index contributed by atoms with van der Waals surface area (Å²) >= 11 is 3.48. The first-order chi connectivity index (χ1) is 6.56. The van der Waals surface area contributed by atoms with Crippen LogP contribution in [-0.4, -0.2) is 21.5 Å². The van der Waals surface area contributed by atoms with Crippen LogP contribution >= 0.6 is 15.9 Å². The summed E-state index contributed by atoms with van der Waals surface area (Å²) in [5.74, 6) is 0.278. The molecule has 0 aliphatic carbocycles. The van der Waals surface area contributed by atoms with Gasteiger partial charge in [0.2, 0.25) is 0 Å². The van der Waals surface area contributed by atoms with Crippen molar-refractivity contribution in [1.29, 1.82) is 0 Å². The highest BCUT2D eigenvalue weighted by molar-refractivity contribution is 9.10. The zero-order chi connectivity index (χ0) is 10.7. The third-order valence-corrected chi connectivity index (χ3v) is 2.85. The van der Waals surface area contributed by atoms with Crippen LogP contribution in [0.4, 0.5) is 0 Å².